The van der Waals surface area contributed by atoms with E-state index in [2.05, 4.69) is 15.2 Å². The molecule has 0 aromatic carbocycles. The van der Waals surface area contributed by atoms with Crippen LogP contribution in [0.5, 0.6) is 0 Å². The lowest BCUT2D eigenvalue weighted by Gasteiger charge is -2.26. The number of amides is 1. The number of aromatic nitrogens is 1. The Bertz CT molecular complexity index is 499. The second-order valence-electron chi connectivity index (χ2n) is 6.18. The van der Waals surface area contributed by atoms with Gasteiger partial charge in [0.1, 0.15) is 0 Å². The van der Waals surface area contributed by atoms with Gasteiger partial charge in [-0.15, -0.1) is 0 Å². The second-order valence-corrected chi connectivity index (χ2v) is 6.18. The Morgan fingerprint density at radius 3 is 2.86 bits per heavy atom. The van der Waals surface area contributed by atoms with Crippen LogP contribution in [0.15, 0.2) is 18.3 Å². The van der Waals surface area contributed by atoms with Crippen LogP contribution in [0.25, 0.3) is 0 Å². The number of hydrogen-bond donors (Lipinski definition) is 2. The van der Waals surface area contributed by atoms with Gasteiger partial charge in [0.05, 0.1) is 5.69 Å². The molecule has 0 bridgehead atoms. The number of nitrogens with one attached hydrogen (secondary N) is 1. The second kappa shape index (κ2) is 6.43. The number of anilines is 2. The van der Waals surface area contributed by atoms with Crippen LogP contribution in [0.4, 0.5) is 11.5 Å². The summed E-state index contributed by atoms with van der Waals surface area (Å²) in [7, 11) is 0. The van der Waals surface area contributed by atoms with Crippen molar-refractivity contribution in [3.05, 3.63) is 18.3 Å². The number of rotatable bonds is 3. The standard InChI is InChI=1S/C16H24N4O/c17-13-6-3-5-12(11-13)16(21)19-14-7-4-8-18-15(14)20-9-1-2-10-20/h4,7-8,12-13H,1-3,5-6,9-11,17H2,(H,19,21). The lowest BCUT2D eigenvalue weighted by Crippen LogP contribution is -2.34. The fourth-order valence-electron chi connectivity index (χ4n) is 3.38. The van der Waals surface area contributed by atoms with Crippen LogP contribution in [0.1, 0.15) is 38.5 Å². The molecule has 0 radical (unpaired) electrons. The number of pyridine rings is 1. The molecule has 114 valence electrons. The van der Waals surface area contributed by atoms with Crippen LogP contribution >= 0.6 is 0 Å². The van der Waals surface area contributed by atoms with E-state index >= 15 is 0 Å². The first-order chi connectivity index (χ1) is 10.2. The lowest BCUT2D eigenvalue weighted by molar-refractivity contribution is -0.120. The number of nitrogens with zero attached hydrogens (tertiary/aromatic N) is 2. The van der Waals surface area contributed by atoms with Gasteiger partial charge in [0, 0.05) is 31.2 Å². The maximum Gasteiger partial charge on any atom is 0.227 e. The zero-order valence-corrected chi connectivity index (χ0v) is 12.4. The molecule has 1 aromatic heterocycles. The van der Waals surface area contributed by atoms with E-state index in [1.807, 2.05) is 12.1 Å². The average molecular weight is 288 g/mol. The summed E-state index contributed by atoms with van der Waals surface area (Å²) in [6, 6.07) is 3.99. The van der Waals surface area contributed by atoms with E-state index in [4.69, 9.17) is 5.73 Å². The minimum atomic E-state index is 0.0420. The van der Waals surface area contributed by atoms with Gasteiger partial charge < -0.3 is 16.0 Å². The molecule has 0 spiro atoms. The number of carbonyl (C=O) groups excluding carboxylic acids is 1. The molecule has 5 heteroatoms. The normalized spacial score (nSPS) is 25.9. The third-order valence-electron chi connectivity index (χ3n) is 4.54. The zero-order valence-electron chi connectivity index (χ0n) is 12.4. The summed E-state index contributed by atoms with van der Waals surface area (Å²) in [5, 5.41) is 3.08. The molecule has 2 unspecified atom stereocenters. The van der Waals surface area contributed by atoms with E-state index in [0.717, 1.165) is 50.3 Å². The summed E-state index contributed by atoms with van der Waals surface area (Å²) in [5.41, 5.74) is 6.82. The van der Waals surface area contributed by atoms with Crippen LogP contribution in [-0.2, 0) is 4.79 Å². The van der Waals surface area contributed by atoms with Gasteiger partial charge in [0.2, 0.25) is 5.91 Å². The molecule has 2 atom stereocenters. The Kier molecular flexibility index (Phi) is 4.39. The van der Waals surface area contributed by atoms with Crippen molar-refractivity contribution in [3.63, 3.8) is 0 Å². The van der Waals surface area contributed by atoms with Gasteiger partial charge in [-0.2, -0.15) is 0 Å². The largest absolute Gasteiger partial charge is 0.355 e. The van der Waals surface area contributed by atoms with Crippen LogP contribution in [-0.4, -0.2) is 30.0 Å². The maximum atomic E-state index is 12.5. The van der Waals surface area contributed by atoms with Crippen molar-refractivity contribution in [1.82, 2.24) is 4.98 Å². The third-order valence-corrected chi connectivity index (χ3v) is 4.54. The highest BCUT2D eigenvalue weighted by atomic mass is 16.1. The Labute approximate surface area is 125 Å². The molecule has 5 nitrogen and oxygen atoms in total. The van der Waals surface area contributed by atoms with E-state index in [1.54, 1.807) is 6.20 Å². The van der Waals surface area contributed by atoms with Gasteiger partial charge in [-0.25, -0.2) is 4.98 Å². The first kappa shape index (κ1) is 14.3. The van der Waals surface area contributed by atoms with Gasteiger partial charge in [-0.3, -0.25) is 4.79 Å². The fraction of sp³-hybridized carbons (Fsp3) is 0.625. The van der Waals surface area contributed by atoms with Crippen molar-refractivity contribution in [2.24, 2.45) is 11.7 Å². The number of carbonyl (C=O) groups is 1. The first-order valence-corrected chi connectivity index (χ1v) is 8.00. The minimum absolute atomic E-state index is 0.0420. The van der Waals surface area contributed by atoms with E-state index in [0.29, 0.717) is 0 Å². The molecule has 3 rings (SSSR count). The van der Waals surface area contributed by atoms with Crippen LogP contribution in [0.2, 0.25) is 0 Å². The Morgan fingerprint density at radius 2 is 2.10 bits per heavy atom. The molecule has 2 aliphatic rings. The molecule has 1 amide bonds. The van der Waals surface area contributed by atoms with Crippen LogP contribution < -0.4 is 16.0 Å². The van der Waals surface area contributed by atoms with Gasteiger partial charge in [0.25, 0.3) is 0 Å². The van der Waals surface area contributed by atoms with E-state index in [9.17, 15) is 4.79 Å². The van der Waals surface area contributed by atoms with Gasteiger partial charge in [-0.05, 0) is 44.2 Å². The first-order valence-electron chi connectivity index (χ1n) is 8.00. The van der Waals surface area contributed by atoms with Crippen molar-refractivity contribution in [2.45, 2.75) is 44.6 Å². The third kappa shape index (κ3) is 3.35. The molecule has 3 N–H and O–H groups in total. The summed E-state index contributed by atoms with van der Waals surface area (Å²) in [6.45, 7) is 2.04. The monoisotopic (exact) mass is 288 g/mol. The van der Waals surface area contributed by atoms with Crippen molar-refractivity contribution in [3.8, 4) is 0 Å². The minimum Gasteiger partial charge on any atom is -0.355 e. The van der Waals surface area contributed by atoms with Gasteiger partial charge >= 0.3 is 0 Å². The summed E-state index contributed by atoms with van der Waals surface area (Å²) >= 11 is 0. The summed E-state index contributed by atoms with van der Waals surface area (Å²) < 4.78 is 0. The Hall–Kier alpha value is -1.62. The highest BCUT2D eigenvalue weighted by Gasteiger charge is 2.26. The molecule has 1 saturated heterocycles. The predicted octanol–water partition coefficient (Wildman–Crippen LogP) is 2.14. The molecule has 21 heavy (non-hydrogen) atoms. The maximum absolute atomic E-state index is 12.5. The molecule has 2 heterocycles. The van der Waals surface area contributed by atoms with E-state index < -0.39 is 0 Å². The van der Waals surface area contributed by atoms with Crippen molar-refractivity contribution < 1.29 is 4.79 Å². The van der Waals surface area contributed by atoms with Crippen molar-refractivity contribution >= 4 is 17.4 Å². The lowest BCUT2D eigenvalue weighted by atomic mass is 9.85. The van der Waals surface area contributed by atoms with Gasteiger partial charge in [-0.1, -0.05) is 6.42 Å². The SMILES string of the molecule is NC1CCCC(C(=O)Nc2cccnc2N2CCCC2)C1. The molecule has 1 aliphatic carbocycles. The molecule has 1 saturated carbocycles. The molecular weight excluding hydrogens is 264 g/mol. The number of nitrogens with two attached hydrogens (primary N) is 1. The predicted molar refractivity (Wildman–Crippen MR) is 84.2 cm³/mol. The molecule has 2 fully saturated rings. The van der Waals surface area contributed by atoms with Crippen LogP contribution in [0.3, 0.4) is 0 Å². The van der Waals surface area contributed by atoms with E-state index in [-0.39, 0.29) is 17.9 Å². The summed E-state index contributed by atoms with van der Waals surface area (Å²) in [4.78, 5) is 19.2. The quantitative estimate of drug-likeness (QED) is 0.894. The summed E-state index contributed by atoms with van der Waals surface area (Å²) in [5.74, 6) is 1.04. The molecule has 1 aliphatic heterocycles. The van der Waals surface area contributed by atoms with Crippen molar-refractivity contribution in [2.75, 3.05) is 23.3 Å². The van der Waals surface area contributed by atoms with Crippen molar-refractivity contribution in [1.29, 1.82) is 0 Å². The topological polar surface area (TPSA) is 71.2 Å². The zero-order chi connectivity index (χ0) is 14.7. The highest BCUT2D eigenvalue weighted by molar-refractivity contribution is 5.95. The average Bonchev–Trinajstić information content (AvgIpc) is 3.02. The van der Waals surface area contributed by atoms with Crippen LogP contribution in [0, 0.1) is 5.92 Å². The Balaban J connectivity index is 1.70. The molecule has 1 aromatic rings. The Morgan fingerprint density at radius 1 is 1.29 bits per heavy atom. The van der Waals surface area contributed by atoms with Gasteiger partial charge in [0.15, 0.2) is 5.82 Å². The highest BCUT2D eigenvalue weighted by Crippen LogP contribution is 2.29. The fourth-order valence-corrected chi connectivity index (χ4v) is 3.38. The number of hydrogen-bond acceptors (Lipinski definition) is 4. The summed E-state index contributed by atoms with van der Waals surface area (Å²) in [6.07, 6.45) is 8.01. The molecular formula is C16H24N4O. The smallest absolute Gasteiger partial charge is 0.227 e. The van der Waals surface area contributed by atoms with E-state index in [1.165, 1.54) is 12.8 Å².